The van der Waals surface area contributed by atoms with Crippen LogP contribution >= 0.6 is 0 Å². The highest BCUT2D eigenvalue weighted by molar-refractivity contribution is 5.88. The van der Waals surface area contributed by atoms with E-state index in [1.165, 1.54) is 6.33 Å². The Balaban J connectivity index is 1.57. The Morgan fingerprint density at radius 2 is 2.07 bits per heavy atom. The van der Waals surface area contributed by atoms with E-state index in [1.54, 1.807) is 16.8 Å². The average molecular weight is 378 g/mol. The second-order valence-corrected chi connectivity index (χ2v) is 6.63. The van der Waals surface area contributed by atoms with Crippen LogP contribution in [-0.2, 0) is 4.74 Å². The van der Waals surface area contributed by atoms with Gasteiger partial charge in [0, 0.05) is 19.2 Å². The zero-order valence-electron chi connectivity index (χ0n) is 15.2. The lowest BCUT2D eigenvalue weighted by atomic mass is 10.2. The van der Waals surface area contributed by atoms with Gasteiger partial charge in [0.15, 0.2) is 5.65 Å². The number of nitrogens with one attached hydrogen (secondary N) is 2. The van der Waals surface area contributed by atoms with Crippen molar-refractivity contribution in [1.29, 1.82) is 0 Å². The van der Waals surface area contributed by atoms with E-state index in [2.05, 4.69) is 35.3 Å². The smallest absolute Gasteiger partial charge is 0.250 e. The van der Waals surface area contributed by atoms with E-state index in [9.17, 15) is 4.79 Å². The third-order valence-electron chi connectivity index (χ3n) is 4.78. The van der Waals surface area contributed by atoms with Crippen LogP contribution in [-0.4, -0.2) is 55.9 Å². The molecule has 0 atom stereocenters. The van der Waals surface area contributed by atoms with E-state index in [1.807, 2.05) is 19.2 Å². The molecule has 0 amide bonds. The number of morpholine rings is 1. The van der Waals surface area contributed by atoms with Gasteiger partial charge in [0.25, 0.3) is 5.56 Å². The molecular weight excluding hydrogens is 360 g/mol. The van der Waals surface area contributed by atoms with Crippen molar-refractivity contribution in [2.75, 3.05) is 36.5 Å². The van der Waals surface area contributed by atoms with Gasteiger partial charge in [0.2, 0.25) is 5.95 Å². The second-order valence-electron chi connectivity index (χ2n) is 6.63. The molecule has 0 unspecified atom stereocenters. The Kier molecular flexibility index (Phi) is 3.90. The van der Waals surface area contributed by atoms with Crippen molar-refractivity contribution in [3.63, 3.8) is 0 Å². The van der Waals surface area contributed by atoms with E-state index in [0.29, 0.717) is 43.3 Å². The lowest BCUT2D eigenvalue weighted by molar-refractivity contribution is 0.123. The third-order valence-corrected chi connectivity index (χ3v) is 4.78. The van der Waals surface area contributed by atoms with Gasteiger partial charge in [0.1, 0.15) is 11.8 Å². The molecule has 1 saturated heterocycles. The molecule has 1 aliphatic heterocycles. The summed E-state index contributed by atoms with van der Waals surface area (Å²) in [4.78, 5) is 30.2. The number of aromatic nitrogens is 6. The number of hydrogen-bond acceptors (Lipinski definition) is 8. The van der Waals surface area contributed by atoms with Gasteiger partial charge in [-0.05, 0) is 18.6 Å². The van der Waals surface area contributed by atoms with Crippen molar-refractivity contribution in [2.24, 2.45) is 0 Å². The number of aryl methyl sites for hydroxylation is 1. The molecule has 0 aliphatic carbocycles. The maximum atomic E-state index is 12.1. The maximum absolute atomic E-state index is 12.1. The van der Waals surface area contributed by atoms with Gasteiger partial charge < -0.3 is 19.9 Å². The molecule has 10 heteroatoms. The van der Waals surface area contributed by atoms with E-state index in [4.69, 9.17) is 4.74 Å². The van der Waals surface area contributed by atoms with Crippen molar-refractivity contribution in [3.05, 3.63) is 46.8 Å². The number of nitrogens with zero attached hydrogens (tertiary/aromatic N) is 6. The molecule has 0 spiro atoms. The fourth-order valence-electron chi connectivity index (χ4n) is 3.34. The zero-order chi connectivity index (χ0) is 19.1. The Labute approximate surface area is 159 Å². The monoisotopic (exact) mass is 378 g/mol. The van der Waals surface area contributed by atoms with Crippen LogP contribution in [0.4, 0.5) is 17.3 Å². The first-order valence-corrected chi connectivity index (χ1v) is 8.97. The number of pyridine rings is 2. The molecule has 28 heavy (non-hydrogen) atoms. The van der Waals surface area contributed by atoms with Crippen molar-refractivity contribution >= 4 is 34.0 Å². The molecule has 0 saturated carbocycles. The molecule has 0 aromatic carbocycles. The highest BCUT2D eigenvalue weighted by atomic mass is 16.5. The average Bonchev–Trinajstić information content (AvgIpc) is 3.15. The number of anilines is 3. The third kappa shape index (κ3) is 2.93. The first-order chi connectivity index (χ1) is 13.7. The first-order valence-electron chi connectivity index (χ1n) is 8.97. The molecule has 1 fully saturated rings. The van der Waals surface area contributed by atoms with Gasteiger partial charge in [-0.1, -0.05) is 0 Å². The molecule has 4 aromatic heterocycles. The fourth-order valence-corrected chi connectivity index (χ4v) is 3.34. The lowest BCUT2D eigenvalue weighted by Gasteiger charge is -2.29. The molecule has 5 rings (SSSR count). The van der Waals surface area contributed by atoms with E-state index in [0.717, 1.165) is 22.6 Å². The second kappa shape index (κ2) is 6.57. The van der Waals surface area contributed by atoms with Crippen molar-refractivity contribution in [3.8, 4) is 0 Å². The van der Waals surface area contributed by atoms with Crippen LogP contribution in [0.15, 0.2) is 35.6 Å². The van der Waals surface area contributed by atoms with Gasteiger partial charge in [-0.2, -0.15) is 5.10 Å². The lowest BCUT2D eigenvalue weighted by Crippen LogP contribution is -2.37. The van der Waals surface area contributed by atoms with Gasteiger partial charge in [0.05, 0.1) is 42.5 Å². The SMILES string of the molecule is Cc1cc2ncnn2cc1Nc1ncc2[nH]c(=O)cc(N3CCOCC3)c2n1. The summed E-state index contributed by atoms with van der Waals surface area (Å²) in [7, 11) is 0. The minimum atomic E-state index is -0.175. The van der Waals surface area contributed by atoms with Crippen molar-refractivity contribution in [2.45, 2.75) is 6.92 Å². The molecule has 2 N–H and O–H groups in total. The van der Waals surface area contributed by atoms with Crippen molar-refractivity contribution in [1.82, 2.24) is 29.5 Å². The molecular formula is C18H18N8O2. The Bertz CT molecular complexity index is 1230. The quantitative estimate of drug-likeness (QED) is 0.548. The van der Waals surface area contributed by atoms with Gasteiger partial charge in [-0.25, -0.2) is 19.5 Å². The number of aromatic amines is 1. The highest BCUT2D eigenvalue weighted by Crippen LogP contribution is 2.25. The summed E-state index contributed by atoms with van der Waals surface area (Å²) in [6.07, 6.45) is 4.98. The maximum Gasteiger partial charge on any atom is 0.250 e. The largest absolute Gasteiger partial charge is 0.378 e. The number of H-pyrrole nitrogens is 1. The fraction of sp³-hybridized carbons (Fsp3) is 0.278. The van der Waals surface area contributed by atoms with Crippen molar-refractivity contribution < 1.29 is 4.74 Å². The molecule has 142 valence electrons. The predicted octanol–water partition coefficient (Wildman–Crippen LogP) is 1.25. The summed E-state index contributed by atoms with van der Waals surface area (Å²) in [6.45, 7) is 4.67. The van der Waals surface area contributed by atoms with Gasteiger partial charge >= 0.3 is 0 Å². The summed E-state index contributed by atoms with van der Waals surface area (Å²) < 4.78 is 7.11. The van der Waals surface area contributed by atoms with E-state index in [-0.39, 0.29) is 5.56 Å². The summed E-state index contributed by atoms with van der Waals surface area (Å²) in [5.74, 6) is 0.441. The Morgan fingerprint density at radius 3 is 2.93 bits per heavy atom. The molecule has 0 radical (unpaired) electrons. The number of fused-ring (bicyclic) bond motifs is 2. The number of rotatable bonds is 3. The predicted molar refractivity (Wildman–Crippen MR) is 104 cm³/mol. The van der Waals surface area contributed by atoms with Crippen LogP contribution < -0.4 is 15.8 Å². The van der Waals surface area contributed by atoms with Crippen LogP contribution in [0.1, 0.15) is 5.56 Å². The number of ether oxygens (including phenoxy) is 1. The standard InChI is InChI=1S/C18H18N8O2/c1-11-6-15-20-10-21-26(15)9-13(11)23-18-19-8-12-17(24-18)14(7-16(27)22-12)25-2-4-28-5-3-25/h6-10H,2-5H2,1H3,(H,22,27)(H,19,23,24). The summed E-state index contributed by atoms with van der Waals surface area (Å²) in [6, 6.07) is 3.52. The minimum Gasteiger partial charge on any atom is -0.378 e. The van der Waals surface area contributed by atoms with Crippen LogP contribution in [0.3, 0.4) is 0 Å². The van der Waals surface area contributed by atoms with Crippen LogP contribution in [0.2, 0.25) is 0 Å². The van der Waals surface area contributed by atoms with E-state index < -0.39 is 0 Å². The molecule has 4 aromatic rings. The Morgan fingerprint density at radius 1 is 1.21 bits per heavy atom. The first kappa shape index (κ1) is 16.6. The van der Waals surface area contributed by atoms with E-state index >= 15 is 0 Å². The van der Waals surface area contributed by atoms with Gasteiger partial charge in [-0.3, -0.25) is 4.79 Å². The summed E-state index contributed by atoms with van der Waals surface area (Å²) in [5, 5.41) is 7.41. The Hall–Kier alpha value is -3.53. The van der Waals surface area contributed by atoms with Crippen LogP contribution in [0.25, 0.3) is 16.7 Å². The normalized spacial score (nSPS) is 14.7. The summed E-state index contributed by atoms with van der Waals surface area (Å²) >= 11 is 0. The summed E-state index contributed by atoms with van der Waals surface area (Å²) in [5.41, 5.74) is 4.51. The van der Waals surface area contributed by atoms with Crippen LogP contribution in [0, 0.1) is 6.92 Å². The topological polar surface area (TPSA) is 113 Å². The molecule has 10 nitrogen and oxygen atoms in total. The zero-order valence-corrected chi connectivity index (χ0v) is 15.2. The molecule has 5 heterocycles. The highest BCUT2D eigenvalue weighted by Gasteiger charge is 2.17. The van der Waals surface area contributed by atoms with Gasteiger partial charge in [-0.15, -0.1) is 0 Å². The molecule has 1 aliphatic rings. The molecule has 0 bridgehead atoms. The number of hydrogen-bond donors (Lipinski definition) is 2. The minimum absolute atomic E-state index is 0.175. The van der Waals surface area contributed by atoms with Crippen LogP contribution in [0.5, 0.6) is 0 Å².